The second-order valence-electron chi connectivity index (χ2n) is 9.31. The van der Waals surface area contributed by atoms with Crippen LogP contribution in [0.3, 0.4) is 0 Å². The molecule has 1 unspecified atom stereocenters. The number of aryl methyl sites for hydroxylation is 2. The zero-order valence-corrected chi connectivity index (χ0v) is 21.2. The molecule has 1 fully saturated rings. The van der Waals surface area contributed by atoms with Crippen LogP contribution in [0.1, 0.15) is 47.7 Å². The summed E-state index contributed by atoms with van der Waals surface area (Å²) >= 11 is 0. The van der Waals surface area contributed by atoms with E-state index in [-0.39, 0.29) is 24.0 Å². The summed E-state index contributed by atoms with van der Waals surface area (Å²) in [6.45, 7) is 7.99. The summed E-state index contributed by atoms with van der Waals surface area (Å²) in [5.74, 6) is -0.201. The van der Waals surface area contributed by atoms with Gasteiger partial charge in [-0.1, -0.05) is 36.4 Å². The van der Waals surface area contributed by atoms with Crippen LogP contribution in [0, 0.1) is 13.8 Å². The molecule has 6 heteroatoms. The predicted molar refractivity (Wildman–Crippen MR) is 139 cm³/mol. The molecular weight excluding hydrogens is 454 g/mol. The molecule has 0 radical (unpaired) electrons. The van der Waals surface area contributed by atoms with Crippen molar-refractivity contribution in [2.24, 2.45) is 0 Å². The summed E-state index contributed by atoms with van der Waals surface area (Å²) in [5.41, 5.74) is 4.15. The van der Waals surface area contributed by atoms with E-state index in [0.29, 0.717) is 22.6 Å². The first-order valence-electron chi connectivity index (χ1n) is 11.9. The Morgan fingerprint density at radius 2 is 1.67 bits per heavy atom. The third-order valence-electron chi connectivity index (χ3n) is 6.37. The number of likely N-dealkylation sites (tertiary alicyclic amines) is 1. The maximum atomic E-state index is 13.3. The lowest BCUT2D eigenvalue weighted by Gasteiger charge is -2.26. The number of amides is 1. The van der Waals surface area contributed by atoms with E-state index >= 15 is 0 Å². The molecule has 1 aliphatic heterocycles. The molecular formula is C30H31NO5. The van der Waals surface area contributed by atoms with E-state index in [1.165, 1.54) is 4.90 Å². The van der Waals surface area contributed by atoms with Gasteiger partial charge < -0.3 is 19.5 Å². The number of aliphatic hydroxyl groups excluding tert-OH is 1. The fourth-order valence-corrected chi connectivity index (χ4v) is 4.40. The average Bonchev–Trinajstić information content (AvgIpc) is 3.10. The Kier molecular flexibility index (Phi) is 7.15. The molecule has 1 N–H and O–H groups in total. The molecule has 186 valence electrons. The zero-order chi connectivity index (χ0) is 26.0. The highest BCUT2D eigenvalue weighted by Crippen LogP contribution is 2.41. The maximum absolute atomic E-state index is 13.3. The van der Waals surface area contributed by atoms with Gasteiger partial charge in [0.15, 0.2) is 0 Å². The monoisotopic (exact) mass is 485 g/mol. The zero-order valence-electron chi connectivity index (χ0n) is 21.2. The van der Waals surface area contributed by atoms with E-state index in [4.69, 9.17) is 9.47 Å². The second-order valence-corrected chi connectivity index (χ2v) is 9.31. The molecule has 1 saturated heterocycles. The van der Waals surface area contributed by atoms with Crippen molar-refractivity contribution >= 4 is 17.4 Å². The van der Waals surface area contributed by atoms with Crippen molar-refractivity contribution in [3.63, 3.8) is 0 Å². The van der Waals surface area contributed by atoms with Gasteiger partial charge in [-0.3, -0.25) is 9.59 Å². The van der Waals surface area contributed by atoms with E-state index in [9.17, 15) is 14.7 Å². The number of carbonyl (C=O) groups excluding carboxylic acids is 2. The van der Waals surface area contributed by atoms with Gasteiger partial charge in [0.1, 0.15) is 17.3 Å². The van der Waals surface area contributed by atoms with Crippen molar-refractivity contribution in [3.8, 4) is 11.5 Å². The molecule has 0 saturated carbocycles. The minimum Gasteiger partial charge on any atom is -0.507 e. The van der Waals surface area contributed by atoms with E-state index in [1.807, 2.05) is 88.4 Å². The van der Waals surface area contributed by atoms with E-state index in [0.717, 1.165) is 16.7 Å². The van der Waals surface area contributed by atoms with Gasteiger partial charge in [0.2, 0.25) is 0 Å². The van der Waals surface area contributed by atoms with Crippen LogP contribution in [0.15, 0.2) is 72.3 Å². The number of hydrogen-bond donors (Lipinski definition) is 1. The summed E-state index contributed by atoms with van der Waals surface area (Å²) in [6, 6.07) is 19.4. The van der Waals surface area contributed by atoms with Crippen molar-refractivity contribution in [2.75, 3.05) is 7.11 Å². The summed E-state index contributed by atoms with van der Waals surface area (Å²) in [5, 5.41) is 11.3. The largest absolute Gasteiger partial charge is 0.507 e. The number of carbonyl (C=O) groups is 2. The van der Waals surface area contributed by atoms with E-state index in [2.05, 4.69) is 0 Å². The summed E-state index contributed by atoms with van der Waals surface area (Å²) in [6.07, 6.45) is 0.0133. The molecule has 36 heavy (non-hydrogen) atoms. The number of rotatable bonds is 7. The fourth-order valence-electron chi connectivity index (χ4n) is 4.40. The van der Waals surface area contributed by atoms with Gasteiger partial charge in [0.05, 0.1) is 24.8 Å². The van der Waals surface area contributed by atoms with Crippen LogP contribution in [0.5, 0.6) is 11.5 Å². The van der Waals surface area contributed by atoms with Crippen molar-refractivity contribution < 1.29 is 24.2 Å². The number of ketones is 1. The molecule has 1 aliphatic rings. The number of ether oxygens (including phenoxy) is 2. The minimum atomic E-state index is -0.758. The van der Waals surface area contributed by atoms with Crippen LogP contribution in [-0.4, -0.2) is 34.9 Å². The van der Waals surface area contributed by atoms with E-state index in [1.54, 1.807) is 13.2 Å². The molecule has 3 aromatic carbocycles. The molecule has 4 rings (SSSR count). The second kappa shape index (κ2) is 10.3. The summed E-state index contributed by atoms with van der Waals surface area (Å²) in [7, 11) is 1.58. The number of hydrogen-bond acceptors (Lipinski definition) is 5. The Balaban J connectivity index is 1.83. The third kappa shape index (κ3) is 4.98. The first-order valence-corrected chi connectivity index (χ1v) is 11.9. The Bertz CT molecular complexity index is 1320. The number of benzene rings is 3. The Morgan fingerprint density at radius 3 is 2.31 bits per heavy atom. The molecule has 0 aromatic heterocycles. The van der Waals surface area contributed by atoms with Gasteiger partial charge >= 0.3 is 0 Å². The maximum Gasteiger partial charge on any atom is 0.295 e. The number of Topliss-reactive ketones (excluding diaryl/α,β-unsaturated/α-hetero) is 1. The van der Waals surface area contributed by atoms with Gasteiger partial charge in [-0.25, -0.2) is 0 Å². The molecule has 1 atom stereocenters. The van der Waals surface area contributed by atoms with Crippen LogP contribution < -0.4 is 9.47 Å². The number of aliphatic hydroxyl groups is 1. The SMILES string of the molecule is COc1cccc(CN2C(=O)C(=O)/C(=C(\O)c3ccc(C)c(C)c3)C2c2ccc(OC(C)C)cc2)c1. The standard InChI is InChI=1S/C30H31NO5/c1-18(2)36-24-13-11-22(12-14-24)27-26(28(32)23-10-9-19(3)20(4)15-23)29(33)30(34)31(27)17-21-7-6-8-25(16-21)35-5/h6-16,18,27,32H,17H2,1-5H3/b28-26-. The molecule has 1 amide bonds. The summed E-state index contributed by atoms with van der Waals surface area (Å²) < 4.78 is 11.1. The van der Waals surface area contributed by atoms with E-state index < -0.39 is 17.7 Å². The Morgan fingerprint density at radius 1 is 0.944 bits per heavy atom. The van der Waals surface area contributed by atoms with Crippen LogP contribution >= 0.6 is 0 Å². The van der Waals surface area contributed by atoms with Crippen molar-refractivity contribution in [2.45, 2.75) is 46.4 Å². The van der Waals surface area contributed by atoms with Crippen LogP contribution in [-0.2, 0) is 16.1 Å². The van der Waals surface area contributed by atoms with Gasteiger partial charge in [0, 0.05) is 12.1 Å². The van der Waals surface area contributed by atoms with Crippen LogP contribution in [0.4, 0.5) is 0 Å². The number of nitrogens with zero attached hydrogens (tertiary/aromatic N) is 1. The van der Waals surface area contributed by atoms with Gasteiger partial charge in [-0.15, -0.1) is 0 Å². The quantitative estimate of drug-likeness (QED) is 0.263. The molecule has 3 aromatic rings. The summed E-state index contributed by atoms with van der Waals surface area (Å²) in [4.78, 5) is 28.1. The van der Waals surface area contributed by atoms with Gasteiger partial charge in [0.25, 0.3) is 11.7 Å². The highest BCUT2D eigenvalue weighted by Gasteiger charge is 2.46. The molecule has 0 spiro atoms. The lowest BCUT2D eigenvalue weighted by molar-refractivity contribution is -0.140. The van der Waals surface area contributed by atoms with Crippen molar-refractivity contribution in [1.82, 2.24) is 4.90 Å². The first-order chi connectivity index (χ1) is 17.2. The van der Waals surface area contributed by atoms with Gasteiger partial charge in [-0.2, -0.15) is 0 Å². The normalized spacial score (nSPS) is 17.1. The Labute approximate surface area is 211 Å². The molecule has 0 aliphatic carbocycles. The minimum absolute atomic E-state index is 0.0133. The smallest absolute Gasteiger partial charge is 0.295 e. The molecule has 6 nitrogen and oxygen atoms in total. The Hall–Kier alpha value is -4.06. The van der Waals surface area contributed by atoms with Crippen molar-refractivity contribution in [1.29, 1.82) is 0 Å². The van der Waals surface area contributed by atoms with Crippen LogP contribution in [0.2, 0.25) is 0 Å². The fraction of sp³-hybridized carbons (Fsp3) is 0.267. The first kappa shape index (κ1) is 25.0. The lowest BCUT2D eigenvalue weighted by Crippen LogP contribution is -2.29. The topological polar surface area (TPSA) is 76.1 Å². The lowest BCUT2D eigenvalue weighted by atomic mass is 9.94. The average molecular weight is 486 g/mol. The highest BCUT2D eigenvalue weighted by molar-refractivity contribution is 6.46. The molecule has 1 heterocycles. The van der Waals surface area contributed by atoms with Crippen LogP contribution in [0.25, 0.3) is 5.76 Å². The third-order valence-corrected chi connectivity index (χ3v) is 6.37. The van der Waals surface area contributed by atoms with Crippen molar-refractivity contribution in [3.05, 3.63) is 100 Å². The molecule has 0 bridgehead atoms. The highest BCUT2D eigenvalue weighted by atomic mass is 16.5. The predicted octanol–water partition coefficient (Wildman–Crippen LogP) is 5.72. The number of methoxy groups -OCH3 is 1. The van der Waals surface area contributed by atoms with Gasteiger partial charge in [-0.05, 0) is 80.3 Å².